The zero-order valence-electron chi connectivity index (χ0n) is 28.6. The van der Waals surface area contributed by atoms with E-state index in [1.165, 1.54) is 6.92 Å². The van der Waals surface area contributed by atoms with Crippen LogP contribution in [0.3, 0.4) is 0 Å². The molecule has 0 aliphatic rings. The lowest BCUT2D eigenvalue weighted by molar-refractivity contribution is -0.142. The molecule has 0 bridgehead atoms. The number of carbonyl (C=O) groups excluding carboxylic acids is 5. The lowest BCUT2D eigenvalue weighted by atomic mass is 10.0. The van der Waals surface area contributed by atoms with Crippen molar-refractivity contribution < 1.29 is 38.6 Å². The molecular formula is C32H54N10O8. The van der Waals surface area contributed by atoms with Crippen LogP contribution in [0.2, 0.25) is 0 Å². The number of nitrogens with one attached hydrogen (secondary N) is 7. The summed E-state index contributed by atoms with van der Waals surface area (Å²) in [5.74, 6) is -4.20. The van der Waals surface area contributed by atoms with Crippen molar-refractivity contribution >= 4 is 41.7 Å². The van der Waals surface area contributed by atoms with E-state index in [-0.39, 0.29) is 57.8 Å². The second-order valence-corrected chi connectivity index (χ2v) is 11.6. The number of rotatable bonds is 25. The Morgan fingerprint density at radius 1 is 0.700 bits per heavy atom. The quantitative estimate of drug-likeness (QED) is 0.0327. The summed E-state index contributed by atoms with van der Waals surface area (Å²) in [5.41, 5.74) is 17.2. The highest BCUT2D eigenvalue weighted by atomic mass is 16.5. The monoisotopic (exact) mass is 706 g/mol. The van der Waals surface area contributed by atoms with Crippen LogP contribution < -0.4 is 49.1 Å². The van der Waals surface area contributed by atoms with Crippen molar-refractivity contribution in [1.29, 1.82) is 5.41 Å². The van der Waals surface area contributed by atoms with Gasteiger partial charge in [-0.25, -0.2) is 9.59 Å². The Kier molecular flexibility index (Phi) is 21.6. The van der Waals surface area contributed by atoms with E-state index in [0.717, 1.165) is 5.56 Å². The average Bonchev–Trinajstić information content (AvgIpc) is 3.07. The summed E-state index contributed by atoms with van der Waals surface area (Å²) < 4.78 is 5.21. The summed E-state index contributed by atoms with van der Waals surface area (Å²) in [6.45, 7) is 2.08. The zero-order chi connectivity index (χ0) is 37.3. The van der Waals surface area contributed by atoms with E-state index in [4.69, 9.17) is 27.3 Å². The smallest absolute Gasteiger partial charge is 0.407 e. The van der Waals surface area contributed by atoms with E-state index in [9.17, 15) is 33.9 Å². The van der Waals surface area contributed by atoms with E-state index < -0.39 is 59.9 Å². The summed E-state index contributed by atoms with van der Waals surface area (Å²) in [4.78, 5) is 76.4. The molecule has 0 fully saturated rings. The Hall–Kier alpha value is -4.97. The van der Waals surface area contributed by atoms with Crippen molar-refractivity contribution in [2.24, 2.45) is 17.2 Å². The van der Waals surface area contributed by atoms with Gasteiger partial charge in [0, 0.05) is 20.0 Å². The molecule has 0 unspecified atom stereocenters. The number of hydrogen-bond donors (Lipinski definition) is 11. The molecule has 0 aliphatic heterocycles. The van der Waals surface area contributed by atoms with Gasteiger partial charge < -0.3 is 58.9 Å². The van der Waals surface area contributed by atoms with Crippen molar-refractivity contribution in [3.05, 3.63) is 35.9 Å². The standard InChI is InChI=1S/C32H54N10O8/c1-21(43)39-23(12-5-7-16-33)27(44)41-25(15-19-38-32(49)50-20-22-10-3-2-4-11-22)29(46)40-24(13-6-8-17-34)28(45)42-26(30(47)48)14-9-18-37-31(35)36/h2-4,10-11,23-26H,5-9,12-20,33-34H2,1H3,(H,38,49)(H,39,43)(H,40,46)(H,41,44)(H,42,45)(H,47,48)(H4,35,36,37)/t23-,24-,25-,26-/m0/s1. The van der Waals surface area contributed by atoms with Crippen LogP contribution >= 0.6 is 0 Å². The van der Waals surface area contributed by atoms with Crippen LogP contribution in [-0.4, -0.2) is 97.1 Å². The highest BCUT2D eigenvalue weighted by Crippen LogP contribution is 2.07. The molecule has 18 nitrogen and oxygen atoms in total. The molecule has 0 radical (unpaired) electrons. The van der Waals surface area contributed by atoms with Crippen LogP contribution in [0.15, 0.2) is 30.3 Å². The maximum atomic E-state index is 13.7. The van der Waals surface area contributed by atoms with Gasteiger partial charge in [-0.1, -0.05) is 30.3 Å². The summed E-state index contributed by atoms with van der Waals surface area (Å²) in [6, 6.07) is 4.25. The molecule has 50 heavy (non-hydrogen) atoms. The first-order valence-corrected chi connectivity index (χ1v) is 16.7. The molecule has 0 aromatic heterocycles. The van der Waals surface area contributed by atoms with Crippen molar-refractivity contribution in [3.8, 4) is 0 Å². The van der Waals surface area contributed by atoms with Crippen molar-refractivity contribution in [1.82, 2.24) is 31.9 Å². The minimum atomic E-state index is -1.29. The topological polar surface area (TPSA) is 306 Å². The summed E-state index contributed by atoms with van der Waals surface area (Å²) >= 11 is 0. The lowest BCUT2D eigenvalue weighted by Crippen LogP contribution is -2.58. The number of hydrogen-bond acceptors (Lipinski definition) is 10. The Labute approximate surface area is 292 Å². The first kappa shape index (κ1) is 43.1. The van der Waals surface area contributed by atoms with E-state index in [2.05, 4.69) is 31.9 Å². The molecule has 4 atom stereocenters. The SMILES string of the molecule is CC(=O)N[C@@H](CCCCN)C(=O)N[C@@H](CCNC(=O)OCc1ccccc1)C(=O)N[C@@H](CCCCN)C(=O)N[C@@H](CCCNC(=N)N)C(=O)O. The molecule has 1 rings (SSSR count). The maximum absolute atomic E-state index is 13.7. The van der Waals surface area contributed by atoms with Crippen LogP contribution in [-0.2, 0) is 35.3 Å². The molecule has 0 saturated carbocycles. The van der Waals surface area contributed by atoms with E-state index in [0.29, 0.717) is 38.8 Å². The predicted octanol–water partition coefficient (Wildman–Crippen LogP) is -1.13. The number of alkyl carbamates (subject to hydrolysis) is 1. The Bertz CT molecular complexity index is 1240. The predicted molar refractivity (Wildman–Crippen MR) is 185 cm³/mol. The molecule has 14 N–H and O–H groups in total. The van der Waals surface area contributed by atoms with E-state index >= 15 is 0 Å². The van der Waals surface area contributed by atoms with Crippen molar-refractivity contribution in [2.75, 3.05) is 26.2 Å². The molecule has 18 heteroatoms. The van der Waals surface area contributed by atoms with Gasteiger partial charge in [0.1, 0.15) is 30.8 Å². The fraction of sp³-hybridized carbons (Fsp3) is 0.594. The number of carboxylic acids is 1. The van der Waals surface area contributed by atoms with Gasteiger partial charge in [-0.05, 0) is 76.4 Å². The summed E-state index contributed by atoms with van der Waals surface area (Å²) in [7, 11) is 0. The first-order valence-electron chi connectivity index (χ1n) is 16.7. The number of unbranched alkanes of at least 4 members (excludes halogenated alkanes) is 2. The van der Waals surface area contributed by atoms with E-state index in [1.807, 2.05) is 6.07 Å². The average molecular weight is 707 g/mol. The molecular weight excluding hydrogens is 652 g/mol. The summed E-state index contributed by atoms with van der Waals surface area (Å²) in [5, 5.41) is 32.3. The Balaban J connectivity index is 3.11. The molecule has 1 aromatic carbocycles. The first-order chi connectivity index (χ1) is 23.9. The van der Waals surface area contributed by atoms with Crippen LogP contribution in [0.4, 0.5) is 4.79 Å². The molecule has 5 amide bonds. The third-order valence-corrected chi connectivity index (χ3v) is 7.37. The zero-order valence-corrected chi connectivity index (χ0v) is 28.6. The third-order valence-electron chi connectivity index (χ3n) is 7.37. The molecule has 280 valence electrons. The van der Waals surface area contributed by atoms with Crippen molar-refractivity contribution in [3.63, 3.8) is 0 Å². The highest BCUT2D eigenvalue weighted by Gasteiger charge is 2.31. The largest absolute Gasteiger partial charge is 0.480 e. The molecule has 0 spiro atoms. The number of ether oxygens (including phenoxy) is 1. The van der Waals surface area contributed by atoms with Gasteiger partial charge in [0.2, 0.25) is 23.6 Å². The second-order valence-electron chi connectivity index (χ2n) is 11.6. The number of aliphatic carboxylic acids is 1. The van der Waals surface area contributed by atoms with Gasteiger partial charge in [-0.2, -0.15) is 0 Å². The van der Waals surface area contributed by atoms with Gasteiger partial charge >= 0.3 is 12.1 Å². The summed E-state index contributed by atoms with van der Waals surface area (Å²) in [6.07, 6.45) is 1.87. The van der Waals surface area contributed by atoms with Gasteiger partial charge in [0.25, 0.3) is 0 Å². The van der Waals surface area contributed by atoms with Gasteiger partial charge in [-0.15, -0.1) is 0 Å². The van der Waals surface area contributed by atoms with Crippen LogP contribution in [0, 0.1) is 5.41 Å². The minimum Gasteiger partial charge on any atom is -0.480 e. The molecule has 0 aliphatic carbocycles. The fourth-order valence-electron chi connectivity index (χ4n) is 4.73. The van der Waals surface area contributed by atoms with Gasteiger partial charge in [0.05, 0.1) is 0 Å². The molecule has 1 aromatic rings. The van der Waals surface area contributed by atoms with Gasteiger partial charge in [-0.3, -0.25) is 24.6 Å². The second kappa shape index (κ2) is 25.1. The maximum Gasteiger partial charge on any atom is 0.407 e. The number of carbonyl (C=O) groups is 6. The van der Waals surface area contributed by atoms with Crippen LogP contribution in [0.5, 0.6) is 0 Å². The van der Waals surface area contributed by atoms with Gasteiger partial charge in [0.15, 0.2) is 5.96 Å². The van der Waals surface area contributed by atoms with Crippen LogP contribution in [0.1, 0.15) is 70.3 Å². The minimum absolute atomic E-state index is 0.0126. The molecule has 0 saturated heterocycles. The molecule has 0 heterocycles. The third kappa shape index (κ3) is 19.1. The number of amides is 5. The number of carboxylic acid groups (broad SMARTS) is 1. The Morgan fingerprint density at radius 3 is 1.70 bits per heavy atom. The fourth-order valence-corrected chi connectivity index (χ4v) is 4.73. The normalized spacial score (nSPS) is 13.0. The van der Waals surface area contributed by atoms with Crippen molar-refractivity contribution in [2.45, 2.75) is 95.5 Å². The number of benzene rings is 1. The highest BCUT2D eigenvalue weighted by molar-refractivity contribution is 5.95. The Morgan fingerprint density at radius 2 is 1.20 bits per heavy atom. The van der Waals surface area contributed by atoms with E-state index in [1.54, 1.807) is 24.3 Å². The lowest BCUT2D eigenvalue weighted by Gasteiger charge is -2.26. The van der Waals surface area contributed by atoms with Crippen LogP contribution in [0.25, 0.3) is 0 Å². The number of nitrogens with two attached hydrogens (primary N) is 3. The number of guanidine groups is 1.